The molecule has 8 heteroatoms. The van der Waals surface area contributed by atoms with Crippen LogP contribution in [-0.2, 0) is 13.6 Å². The van der Waals surface area contributed by atoms with Crippen molar-refractivity contribution < 1.29 is 18.5 Å². The van der Waals surface area contributed by atoms with Crippen molar-refractivity contribution in [1.82, 2.24) is 5.32 Å². The number of nitro groups is 1. The Labute approximate surface area is 148 Å². The third kappa shape index (κ3) is 5.35. The number of hydrogen-bond acceptors (Lipinski definition) is 6. The number of rotatable bonds is 9. The van der Waals surface area contributed by atoms with Gasteiger partial charge in [-0.1, -0.05) is 19.3 Å². The summed E-state index contributed by atoms with van der Waals surface area (Å²) in [6, 6.07) is 6.34. The molecular formula is C17H27N2O5P. The lowest BCUT2D eigenvalue weighted by Crippen LogP contribution is -2.35. The van der Waals surface area contributed by atoms with Crippen LogP contribution in [0.5, 0.6) is 0 Å². The SMILES string of the molecule is CCOP(=O)(OCC)C(NC1CCCCC1)c1ccc([N+](=O)[O-])cc1. The van der Waals surface area contributed by atoms with Gasteiger partial charge in [0.2, 0.25) is 0 Å². The molecular weight excluding hydrogens is 343 g/mol. The summed E-state index contributed by atoms with van der Waals surface area (Å²) in [6.45, 7) is 4.10. The van der Waals surface area contributed by atoms with Gasteiger partial charge >= 0.3 is 7.60 Å². The van der Waals surface area contributed by atoms with E-state index in [1.807, 2.05) is 0 Å². The zero-order chi connectivity index (χ0) is 18.3. The molecule has 0 amide bonds. The summed E-state index contributed by atoms with van der Waals surface area (Å²) in [4.78, 5) is 10.4. The molecule has 0 radical (unpaired) electrons. The molecule has 1 aromatic carbocycles. The van der Waals surface area contributed by atoms with Gasteiger partial charge in [0.25, 0.3) is 5.69 Å². The molecule has 0 bridgehead atoms. The second-order valence-electron chi connectivity index (χ2n) is 6.13. The monoisotopic (exact) mass is 370 g/mol. The van der Waals surface area contributed by atoms with Crippen molar-refractivity contribution in [3.63, 3.8) is 0 Å². The van der Waals surface area contributed by atoms with Crippen LogP contribution in [0.25, 0.3) is 0 Å². The summed E-state index contributed by atoms with van der Waals surface area (Å²) in [5.74, 6) is -0.628. The van der Waals surface area contributed by atoms with Crippen molar-refractivity contribution in [2.24, 2.45) is 0 Å². The van der Waals surface area contributed by atoms with Gasteiger partial charge in [-0.3, -0.25) is 20.0 Å². The highest BCUT2D eigenvalue weighted by atomic mass is 31.2. The Morgan fingerprint density at radius 2 is 1.72 bits per heavy atom. The van der Waals surface area contributed by atoms with Crippen LogP contribution in [0, 0.1) is 10.1 Å². The number of nitro benzene ring substituents is 1. The van der Waals surface area contributed by atoms with Crippen molar-refractivity contribution in [3.05, 3.63) is 39.9 Å². The average Bonchev–Trinajstić information content (AvgIpc) is 2.61. The predicted molar refractivity (Wildman–Crippen MR) is 96.7 cm³/mol. The van der Waals surface area contributed by atoms with E-state index < -0.39 is 18.3 Å². The van der Waals surface area contributed by atoms with Gasteiger partial charge in [-0.15, -0.1) is 0 Å². The average molecular weight is 370 g/mol. The van der Waals surface area contributed by atoms with Gasteiger partial charge in [-0.05, 0) is 44.4 Å². The Morgan fingerprint density at radius 3 is 2.20 bits per heavy atom. The number of nitrogens with one attached hydrogen (secondary N) is 1. The Bertz CT molecular complexity index is 592. The van der Waals surface area contributed by atoms with E-state index in [0.29, 0.717) is 5.56 Å². The normalized spacial score (nSPS) is 17.4. The first-order chi connectivity index (χ1) is 12.0. The Hall–Kier alpha value is -1.27. The summed E-state index contributed by atoms with van der Waals surface area (Å²) in [6.07, 6.45) is 5.52. The van der Waals surface area contributed by atoms with Crippen molar-refractivity contribution in [1.29, 1.82) is 0 Å². The molecule has 1 aliphatic rings. The smallest absolute Gasteiger partial charge is 0.308 e. The van der Waals surface area contributed by atoms with Crippen LogP contribution >= 0.6 is 7.60 Å². The zero-order valence-corrected chi connectivity index (χ0v) is 15.7. The molecule has 1 aromatic rings. The quantitative estimate of drug-likeness (QED) is 0.382. The minimum atomic E-state index is -3.44. The molecule has 1 saturated carbocycles. The number of hydrogen-bond donors (Lipinski definition) is 1. The summed E-state index contributed by atoms with van der Waals surface area (Å²) in [5.41, 5.74) is 0.684. The van der Waals surface area contributed by atoms with E-state index in [-0.39, 0.29) is 24.9 Å². The number of non-ortho nitro benzene ring substituents is 1. The predicted octanol–water partition coefficient (Wildman–Crippen LogP) is 4.78. The fraction of sp³-hybridized carbons (Fsp3) is 0.647. The molecule has 0 aliphatic heterocycles. The summed E-state index contributed by atoms with van der Waals surface area (Å²) in [5, 5.41) is 14.3. The third-order valence-electron chi connectivity index (χ3n) is 4.35. The van der Waals surface area contributed by atoms with Gasteiger partial charge in [-0.25, -0.2) is 0 Å². The molecule has 140 valence electrons. The van der Waals surface area contributed by atoms with Crippen molar-refractivity contribution in [2.45, 2.75) is 57.8 Å². The number of nitrogens with zero attached hydrogens (tertiary/aromatic N) is 1. The van der Waals surface area contributed by atoms with Gasteiger partial charge in [0.05, 0.1) is 18.1 Å². The highest BCUT2D eigenvalue weighted by Gasteiger charge is 2.38. The molecule has 7 nitrogen and oxygen atoms in total. The minimum absolute atomic E-state index is 0.00261. The molecule has 1 unspecified atom stereocenters. The van der Waals surface area contributed by atoms with Gasteiger partial charge in [0.15, 0.2) is 0 Å². The third-order valence-corrected chi connectivity index (χ3v) is 6.67. The lowest BCUT2D eigenvalue weighted by Gasteiger charge is -2.32. The molecule has 1 atom stereocenters. The molecule has 1 N–H and O–H groups in total. The standard InChI is InChI=1S/C17H27N2O5P/c1-3-23-25(22,24-4-2)17(18-15-8-6-5-7-9-15)14-10-12-16(13-11-14)19(20)21/h10-13,15,17-18H,3-9H2,1-2H3. The minimum Gasteiger partial charge on any atom is -0.308 e. The van der Waals surface area contributed by atoms with Crippen molar-refractivity contribution >= 4 is 13.3 Å². The van der Waals surface area contributed by atoms with E-state index in [1.165, 1.54) is 18.6 Å². The fourth-order valence-corrected chi connectivity index (χ4v) is 5.21. The summed E-state index contributed by atoms with van der Waals surface area (Å²) in [7, 11) is -3.44. The maximum absolute atomic E-state index is 13.4. The maximum Gasteiger partial charge on any atom is 0.351 e. The van der Waals surface area contributed by atoms with Crippen molar-refractivity contribution in [3.8, 4) is 0 Å². The summed E-state index contributed by atoms with van der Waals surface area (Å²) < 4.78 is 24.5. The fourth-order valence-electron chi connectivity index (χ4n) is 3.19. The summed E-state index contributed by atoms with van der Waals surface area (Å²) >= 11 is 0. The van der Waals surface area contributed by atoms with Crippen LogP contribution in [0.1, 0.15) is 57.3 Å². The van der Waals surface area contributed by atoms with Gasteiger partial charge in [-0.2, -0.15) is 0 Å². The molecule has 1 fully saturated rings. The maximum atomic E-state index is 13.4. The van der Waals surface area contributed by atoms with Crippen LogP contribution < -0.4 is 5.32 Å². The van der Waals surface area contributed by atoms with Crippen LogP contribution in [0.2, 0.25) is 0 Å². The Balaban J connectivity index is 2.32. The van der Waals surface area contributed by atoms with Gasteiger partial charge < -0.3 is 9.05 Å². The highest BCUT2D eigenvalue weighted by Crippen LogP contribution is 2.60. The molecule has 0 heterocycles. The molecule has 0 spiro atoms. The molecule has 0 saturated heterocycles. The van der Waals surface area contributed by atoms with Gasteiger partial charge in [0, 0.05) is 18.2 Å². The first kappa shape index (κ1) is 20.0. The highest BCUT2D eigenvalue weighted by molar-refractivity contribution is 7.54. The first-order valence-corrected chi connectivity index (χ1v) is 10.5. The van der Waals surface area contributed by atoms with E-state index in [2.05, 4.69) is 5.32 Å². The lowest BCUT2D eigenvalue weighted by molar-refractivity contribution is -0.384. The molecule has 25 heavy (non-hydrogen) atoms. The van der Waals surface area contributed by atoms with Gasteiger partial charge in [0.1, 0.15) is 5.78 Å². The molecule has 1 aliphatic carbocycles. The Kier molecular flexibility index (Phi) is 7.56. The zero-order valence-electron chi connectivity index (χ0n) is 14.8. The van der Waals surface area contributed by atoms with Crippen LogP contribution in [-0.4, -0.2) is 24.2 Å². The second-order valence-corrected chi connectivity index (χ2v) is 8.24. The topological polar surface area (TPSA) is 90.7 Å². The van der Waals surface area contributed by atoms with E-state index in [9.17, 15) is 14.7 Å². The van der Waals surface area contributed by atoms with E-state index >= 15 is 0 Å². The second kappa shape index (κ2) is 9.43. The first-order valence-electron chi connectivity index (χ1n) is 8.89. The largest absolute Gasteiger partial charge is 0.351 e. The van der Waals surface area contributed by atoms with E-state index in [4.69, 9.17) is 9.05 Å². The van der Waals surface area contributed by atoms with Crippen LogP contribution in [0.3, 0.4) is 0 Å². The molecule has 2 rings (SSSR count). The van der Waals surface area contributed by atoms with Crippen molar-refractivity contribution in [2.75, 3.05) is 13.2 Å². The Morgan fingerprint density at radius 1 is 1.16 bits per heavy atom. The van der Waals surface area contributed by atoms with Crippen LogP contribution in [0.15, 0.2) is 24.3 Å². The lowest BCUT2D eigenvalue weighted by atomic mass is 9.95. The van der Waals surface area contributed by atoms with E-state index in [0.717, 1.165) is 25.7 Å². The molecule has 0 aromatic heterocycles. The number of benzene rings is 1. The van der Waals surface area contributed by atoms with E-state index in [1.54, 1.807) is 26.0 Å². The van der Waals surface area contributed by atoms with Crippen LogP contribution in [0.4, 0.5) is 5.69 Å².